The van der Waals surface area contributed by atoms with Crippen molar-refractivity contribution in [3.05, 3.63) is 119 Å². The quantitative estimate of drug-likeness (QED) is 0.0701. The number of hydrogen-bond acceptors (Lipinski definition) is 13. The lowest BCUT2D eigenvalue weighted by atomic mass is 9.99. The molecule has 5 rings (SSSR count). The molecule has 52 heavy (non-hydrogen) atoms. The summed E-state index contributed by atoms with van der Waals surface area (Å²) in [6.07, 6.45) is -5.38. The van der Waals surface area contributed by atoms with Crippen LogP contribution in [-0.2, 0) is 23.7 Å². The molecule has 0 radical (unpaired) electrons. The van der Waals surface area contributed by atoms with Gasteiger partial charge in [-0.1, -0.05) is 0 Å². The number of esters is 4. The fourth-order valence-corrected chi connectivity index (χ4v) is 6.06. The lowest BCUT2D eigenvalue weighted by molar-refractivity contribution is -0.203. The van der Waals surface area contributed by atoms with E-state index in [4.69, 9.17) is 42.6 Å². The van der Waals surface area contributed by atoms with Gasteiger partial charge in [-0.15, -0.1) is 0 Å². The Hall–Kier alpha value is -5.35. The van der Waals surface area contributed by atoms with Crippen molar-refractivity contribution in [2.45, 2.75) is 28.5 Å². The van der Waals surface area contributed by atoms with Crippen LogP contribution in [0.4, 0.5) is 0 Å². The number of hydrogen-bond donors (Lipinski definition) is 0. The Labute approximate surface area is 313 Å². The van der Waals surface area contributed by atoms with Gasteiger partial charge in [0, 0.05) is 0 Å². The van der Waals surface area contributed by atoms with Crippen LogP contribution < -0.4 is 18.9 Å². The highest BCUT2D eigenvalue weighted by atomic mass is 127. The Bertz CT molecular complexity index is 1830. The van der Waals surface area contributed by atoms with Crippen molar-refractivity contribution in [3.8, 4) is 23.0 Å². The van der Waals surface area contributed by atoms with E-state index in [-0.39, 0.29) is 22.3 Å². The first kappa shape index (κ1) is 37.9. The van der Waals surface area contributed by atoms with Crippen LogP contribution in [-0.4, -0.2) is 87.4 Å². The summed E-state index contributed by atoms with van der Waals surface area (Å²) in [5, 5.41) is 0. The third kappa shape index (κ3) is 9.30. The van der Waals surface area contributed by atoms with Gasteiger partial charge in [0.15, 0.2) is 18.3 Å². The molecule has 5 atom stereocenters. The molecule has 14 heteroatoms. The summed E-state index contributed by atoms with van der Waals surface area (Å²) in [6.45, 7) is -0.430. The van der Waals surface area contributed by atoms with Crippen molar-refractivity contribution in [2.75, 3.05) is 35.0 Å². The van der Waals surface area contributed by atoms with Crippen molar-refractivity contribution in [1.82, 2.24) is 0 Å². The van der Waals surface area contributed by atoms with Gasteiger partial charge in [-0.2, -0.15) is 0 Å². The molecule has 1 heterocycles. The second-order valence-corrected chi connectivity index (χ2v) is 12.4. The predicted octanol–water partition coefficient (Wildman–Crippen LogP) is 5.71. The summed E-state index contributed by atoms with van der Waals surface area (Å²) in [7, 11) is 5.97. The van der Waals surface area contributed by atoms with Crippen molar-refractivity contribution >= 4 is 46.5 Å². The molecule has 4 aromatic rings. The highest BCUT2D eigenvalue weighted by Gasteiger charge is 2.52. The molecule has 0 saturated carbocycles. The molecule has 0 unspecified atom stereocenters. The summed E-state index contributed by atoms with van der Waals surface area (Å²) in [5.41, 5.74) is 0.675. The van der Waals surface area contributed by atoms with E-state index in [2.05, 4.69) is 0 Å². The van der Waals surface area contributed by atoms with Gasteiger partial charge in [0.2, 0.25) is 0 Å². The van der Waals surface area contributed by atoms with Crippen LogP contribution in [0.5, 0.6) is 23.0 Å². The van der Waals surface area contributed by atoms with Crippen LogP contribution in [0.2, 0.25) is 0 Å². The summed E-state index contributed by atoms with van der Waals surface area (Å²) < 4.78 is 49.6. The third-order valence-corrected chi connectivity index (χ3v) is 8.99. The maximum absolute atomic E-state index is 13.7. The van der Waals surface area contributed by atoms with Gasteiger partial charge in [-0.05, 0) is 120 Å². The van der Waals surface area contributed by atoms with Crippen molar-refractivity contribution in [3.63, 3.8) is 0 Å². The van der Waals surface area contributed by atoms with E-state index >= 15 is 0 Å². The Kier molecular flexibility index (Phi) is 12.9. The van der Waals surface area contributed by atoms with E-state index in [1.165, 1.54) is 77.0 Å². The molecule has 4 aromatic carbocycles. The van der Waals surface area contributed by atoms with Crippen molar-refractivity contribution in [2.24, 2.45) is 0 Å². The van der Waals surface area contributed by atoms with Gasteiger partial charge in [0.25, 0.3) is 0 Å². The first-order chi connectivity index (χ1) is 25.1. The Morgan fingerprint density at radius 1 is 0.481 bits per heavy atom. The average molecular weight is 827 g/mol. The molecule has 1 aliphatic rings. The molecule has 0 N–H and O–H groups in total. The summed E-state index contributed by atoms with van der Waals surface area (Å²) in [5.74, 6) is -1.03. The number of methoxy groups -OCH3 is 4. The van der Waals surface area contributed by atoms with Crippen LogP contribution >= 0.6 is 22.6 Å². The number of carbonyl (C=O) groups excluding carboxylic acids is 4. The van der Waals surface area contributed by atoms with E-state index in [9.17, 15) is 19.2 Å². The van der Waals surface area contributed by atoms with E-state index in [0.717, 1.165) is 0 Å². The van der Waals surface area contributed by atoms with Crippen LogP contribution in [0.15, 0.2) is 97.1 Å². The number of alkyl halides is 1. The van der Waals surface area contributed by atoms with E-state index < -0.39 is 59.0 Å². The Morgan fingerprint density at radius 2 is 0.788 bits per heavy atom. The lowest BCUT2D eigenvalue weighted by Gasteiger charge is -2.43. The molecule has 272 valence electrons. The minimum absolute atomic E-state index is 0.137. The Morgan fingerprint density at radius 3 is 1.13 bits per heavy atom. The van der Waals surface area contributed by atoms with Gasteiger partial charge in [0.05, 0.1) is 50.7 Å². The molecular formula is C38H35IO13. The summed E-state index contributed by atoms with van der Waals surface area (Å²) in [4.78, 5) is 53.8. The molecule has 1 aliphatic heterocycles. The first-order valence-corrected chi connectivity index (χ1v) is 17.0. The topological polar surface area (TPSA) is 151 Å². The highest BCUT2D eigenvalue weighted by Crippen LogP contribution is 2.34. The second kappa shape index (κ2) is 17.7. The van der Waals surface area contributed by atoms with Gasteiger partial charge < -0.3 is 42.6 Å². The maximum Gasteiger partial charge on any atom is 0.338 e. The van der Waals surface area contributed by atoms with Gasteiger partial charge in [-0.3, -0.25) is 0 Å². The zero-order chi connectivity index (χ0) is 37.2. The number of carbonyl (C=O) groups is 4. The highest BCUT2D eigenvalue weighted by molar-refractivity contribution is 14.1. The molecule has 1 saturated heterocycles. The molecule has 0 amide bonds. The minimum atomic E-state index is -1.45. The van der Waals surface area contributed by atoms with Gasteiger partial charge in [-0.25, -0.2) is 19.2 Å². The first-order valence-electron chi connectivity index (χ1n) is 15.8. The smallest absolute Gasteiger partial charge is 0.338 e. The lowest BCUT2D eigenvalue weighted by Crippen LogP contribution is -2.61. The van der Waals surface area contributed by atoms with E-state index in [0.29, 0.717) is 23.0 Å². The van der Waals surface area contributed by atoms with Gasteiger partial charge in [0.1, 0.15) is 39.8 Å². The SMILES string of the molecule is COc1ccc(C(=O)OC[C@H]2O[C@H](I)[C@H](OC(=O)c3ccc(OC)cc3)[C@@H](OC(=O)c3ccc(OC)cc3)[C@@H]2OC(=O)c2ccc(OC)cc2)cc1. The molecular weight excluding hydrogens is 791 g/mol. The molecule has 0 spiro atoms. The zero-order valence-corrected chi connectivity index (χ0v) is 30.7. The normalized spacial score (nSPS) is 19.4. The molecule has 0 aliphatic carbocycles. The maximum atomic E-state index is 13.7. The van der Waals surface area contributed by atoms with Crippen molar-refractivity contribution < 1.29 is 61.8 Å². The molecule has 0 bridgehead atoms. The standard InChI is InChI=1S/C38H35IO13/c1-44-26-13-5-22(6-14-26)35(40)48-21-30-31(50-36(41)23-7-15-27(45-2)16-8-23)32(51-37(42)24-9-17-28(46-3)18-10-24)33(34(39)49-30)52-38(43)25-11-19-29(47-4)20-12-25/h5-20,30-34H,21H2,1-4H3/t30-,31-,32+,33-,34+/m1/s1. The van der Waals surface area contributed by atoms with Crippen LogP contribution in [0.1, 0.15) is 41.4 Å². The molecule has 1 fully saturated rings. The zero-order valence-electron chi connectivity index (χ0n) is 28.5. The third-order valence-electron chi connectivity index (χ3n) is 7.99. The molecule has 0 aromatic heterocycles. The monoisotopic (exact) mass is 826 g/mol. The van der Waals surface area contributed by atoms with Crippen LogP contribution in [0, 0.1) is 0 Å². The second-order valence-electron chi connectivity index (χ2n) is 11.1. The number of benzene rings is 4. The van der Waals surface area contributed by atoms with Crippen molar-refractivity contribution in [1.29, 1.82) is 0 Å². The van der Waals surface area contributed by atoms with E-state index in [1.807, 2.05) is 22.6 Å². The van der Waals surface area contributed by atoms with Gasteiger partial charge >= 0.3 is 23.9 Å². The fraction of sp³-hybridized carbons (Fsp3) is 0.263. The Balaban J connectivity index is 1.49. The average Bonchev–Trinajstić information content (AvgIpc) is 3.19. The fourth-order valence-electron chi connectivity index (χ4n) is 5.13. The molecule has 13 nitrogen and oxygen atoms in total. The van der Waals surface area contributed by atoms with Crippen LogP contribution in [0.3, 0.4) is 0 Å². The summed E-state index contributed by atoms with van der Waals surface area (Å²) >= 11 is 1.89. The minimum Gasteiger partial charge on any atom is -0.497 e. The van der Waals surface area contributed by atoms with E-state index in [1.54, 1.807) is 48.5 Å². The predicted molar refractivity (Wildman–Crippen MR) is 193 cm³/mol. The summed E-state index contributed by atoms with van der Waals surface area (Å²) in [6, 6.07) is 24.7. The van der Waals surface area contributed by atoms with Crippen LogP contribution in [0.25, 0.3) is 0 Å². The largest absolute Gasteiger partial charge is 0.497 e. The number of ether oxygens (including phenoxy) is 9. The number of halogens is 1. The number of rotatable bonds is 13.